The number of nitrogens with zero attached hydrogens (tertiary/aromatic N) is 2. The van der Waals surface area contributed by atoms with Crippen LogP contribution < -0.4 is 4.74 Å². The summed E-state index contributed by atoms with van der Waals surface area (Å²) in [5, 5.41) is 13.9. The molecule has 0 amide bonds. The molecule has 0 saturated carbocycles. The van der Waals surface area contributed by atoms with Crippen molar-refractivity contribution in [2.45, 2.75) is 32.9 Å². The fraction of sp³-hybridized carbons (Fsp3) is 0.357. The number of ether oxygens (including phenoxy) is 1. The minimum atomic E-state index is -0.549. The van der Waals surface area contributed by atoms with Gasteiger partial charge in [0.25, 0.3) is 0 Å². The molecule has 1 heterocycles. The summed E-state index contributed by atoms with van der Waals surface area (Å²) in [6.45, 7) is 4.70. The first-order chi connectivity index (χ1) is 8.70. The second kappa shape index (κ2) is 5.69. The van der Waals surface area contributed by atoms with Gasteiger partial charge in [-0.3, -0.25) is 4.68 Å². The van der Waals surface area contributed by atoms with Gasteiger partial charge in [-0.15, -0.1) is 0 Å². The normalized spacial score (nSPS) is 12.4. The molecule has 18 heavy (non-hydrogen) atoms. The molecule has 2 aromatic rings. The van der Waals surface area contributed by atoms with Crippen molar-refractivity contribution in [2.75, 3.05) is 0 Å². The molecule has 2 rings (SSSR count). The monoisotopic (exact) mass is 246 g/mol. The molecule has 96 valence electrons. The Labute approximate surface area is 107 Å². The van der Waals surface area contributed by atoms with Gasteiger partial charge in [-0.25, -0.2) is 0 Å². The van der Waals surface area contributed by atoms with Crippen LogP contribution in [0.3, 0.4) is 0 Å². The van der Waals surface area contributed by atoms with Gasteiger partial charge in [0, 0.05) is 12.1 Å². The maximum absolute atomic E-state index is 9.67. The first-order valence-electron chi connectivity index (χ1n) is 6.18. The molecule has 0 spiro atoms. The number of benzene rings is 1. The third kappa shape index (κ3) is 2.90. The van der Waals surface area contributed by atoms with Crippen molar-refractivity contribution in [3.63, 3.8) is 0 Å². The zero-order chi connectivity index (χ0) is 13.0. The number of aliphatic hydroxyl groups excluding tert-OH is 1. The van der Waals surface area contributed by atoms with Crippen LogP contribution in [0.4, 0.5) is 0 Å². The second-order valence-corrected chi connectivity index (χ2v) is 4.25. The fourth-order valence-corrected chi connectivity index (χ4v) is 1.79. The zero-order valence-corrected chi connectivity index (χ0v) is 10.7. The number of aromatic nitrogens is 2. The Morgan fingerprint density at radius 2 is 2.17 bits per heavy atom. The van der Waals surface area contributed by atoms with Gasteiger partial charge in [0.15, 0.2) is 5.75 Å². The topological polar surface area (TPSA) is 47.3 Å². The van der Waals surface area contributed by atoms with E-state index in [1.165, 1.54) is 0 Å². The van der Waals surface area contributed by atoms with E-state index < -0.39 is 6.10 Å². The van der Waals surface area contributed by atoms with Crippen LogP contribution in [0.2, 0.25) is 0 Å². The predicted octanol–water partition coefficient (Wildman–Crippen LogP) is 3.14. The van der Waals surface area contributed by atoms with Crippen LogP contribution in [0.5, 0.6) is 11.5 Å². The Balaban J connectivity index is 2.17. The van der Waals surface area contributed by atoms with Gasteiger partial charge in [-0.05, 0) is 19.4 Å². The van der Waals surface area contributed by atoms with Crippen molar-refractivity contribution in [3.05, 3.63) is 42.2 Å². The molecule has 0 bridgehead atoms. The third-order valence-corrected chi connectivity index (χ3v) is 2.66. The fourth-order valence-electron chi connectivity index (χ4n) is 1.79. The van der Waals surface area contributed by atoms with Gasteiger partial charge in [0.05, 0.1) is 18.5 Å². The Hall–Kier alpha value is -1.81. The lowest BCUT2D eigenvalue weighted by atomic mass is 10.1. The smallest absolute Gasteiger partial charge is 0.165 e. The van der Waals surface area contributed by atoms with E-state index in [4.69, 9.17) is 4.74 Å². The summed E-state index contributed by atoms with van der Waals surface area (Å²) in [6.07, 6.45) is 4.04. The highest BCUT2D eigenvalue weighted by Gasteiger charge is 2.09. The first-order valence-corrected chi connectivity index (χ1v) is 6.18. The highest BCUT2D eigenvalue weighted by atomic mass is 16.5. The standard InChI is InChI=1S/C14H18N2O2/c1-3-8-16-10-12(9-15-16)18-14-7-5-4-6-13(14)11(2)17/h4-7,9-11,17H,3,8H2,1-2H3. The van der Waals surface area contributed by atoms with E-state index in [-0.39, 0.29) is 0 Å². The Kier molecular flexibility index (Phi) is 3.99. The molecular formula is C14H18N2O2. The Morgan fingerprint density at radius 1 is 1.39 bits per heavy atom. The van der Waals surface area contributed by atoms with E-state index in [1.54, 1.807) is 13.1 Å². The van der Waals surface area contributed by atoms with Gasteiger partial charge in [0.1, 0.15) is 5.75 Å². The van der Waals surface area contributed by atoms with Gasteiger partial charge in [-0.2, -0.15) is 5.10 Å². The van der Waals surface area contributed by atoms with E-state index in [0.717, 1.165) is 18.5 Å². The van der Waals surface area contributed by atoms with E-state index in [0.29, 0.717) is 11.5 Å². The molecular weight excluding hydrogens is 228 g/mol. The summed E-state index contributed by atoms with van der Waals surface area (Å²) in [6, 6.07) is 7.47. The number of hydrogen-bond donors (Lipinski definition) is 1. The molecule has 4 heteroatoms. The van der Waals surface area contributed by atoms with Crippen LogP contribution in [-0.2, 0) is 6.54 Å². The maximum atomic E-state index is 9.67. The summed E-state index contributed by atoms with van der Waals surface area (Å²) < 4.78 is 7.60. The molecule has 4 nitrogen and oxygen atoms in total. The first kappa shape index (κ1) is 12.6. The molecule has 0 aliphatic rings. The van der Waals surface area contributed by atoms with E-state index in [9.17, 15) is 5.11 Å². The average Bonchev–Trinajstić information content (AvgIpc) is 2.77. The predicted molar refractivity (Wildman–Crippen MR) is 69.7 cm³/mol. The molecule has 0 aliphatic carbocycles. The van der Waals surface area contributed by atoms with E-state index >= 15 is 0 Å². The van der Waals surface area contributed by atoms with Crippen LogP contribution in [0.15, 0.2) is 36.7 Å². The highest BCUT2D eigenvalue weighted by molar-refractivity contribution is 5.37. The number of rotatable bonds is 5. The van der Waals surface area contributed by atoms with Gasteiger partial charge in [-0.1, -0.05) is 25.1 Å². The summed E-state index contributed by atoms with van der Waals surface area (Å²) in [4.78, 5) is 0. The number of para-hydroxylation sites is 1. The van der Waals surface area contributed by atoms with E-state index in [1.807, 2.05) is 35.1 Å². The molecule has 0 aliphatic heterocycles. The van der Waals surface area contributed by atoms with Crippen LogP contribution >= 0.6 is 0 Å². The second-order valence-electron chi connectivity index (χ2n) is 4.25. The summed E-state index contributed by atoms with van der Waals surface area (Å²) in [5.74, 6) is 1.36. The van der Waals surface area contributed by atoms with Crippen molar-refractivity contribution >= 4 is 0 Å². The molecule has 1 aromatic heterocycles. The Morgan fingerprint density at radius 3 is 2.89 bits per heavy atom. The maximum Gasteiger partial charge on any atom is 0.165 e. The van der Waals surface area contributed by atoms with E-state index in [2.05, 4.69) is 12.0 Å². The quantitative estimate of drug-likeness (QED) is 0.881. The zero-order valence-electron chi connectivity index (χ0n) is 10.7. The van der Waals surface area contributed by atoms with Crippen LogP contribution in [0.1, 0.15) is 31.9 Å². The van der Waals surface area contributed by atoms with Crippen molar-refractivity contribution in [2.24, 2.45) is 0 Å². The van der Waals surface area contributed by atoms with Crippen molar-refractivity contribution in [3.8, 4) is 11.5 Å². The molecule has 1 aromatic carbocycles. The number of aliphatic hydroxyl groups is 1. The van der Waals surface area contributed by atoms with Crippen LogP contribution in [0, 0.1) is 0 Å². The minimum Gasteiger partial charge on any atom is -0.454 e. The average molecular weight is 246 g/mol. The van der Waals surface area contributed by atoms with Crippen molar-refractivity contribution in [1.29, 1.82) is 0 Å². The lowest BCUT2D eigenvalue weighted by molar-refractivity contribution is 0.195. The summed E-state index contributed by atoms with van der Waals surface area (Å²) in [7, 11) is 0. The molecule has 0 saturated heterocycles. The van der Waals surface area contributed by atoms with Crippen molar-refractivity contribution < 1.29 is 9.84 Å². The molecule has 0 fully saturated rings. The largest absolute Gasteiger partial charge is 0.454 e. The summed E-state index contributed by atoms with van der Waals surface area (Å²) in [5.41, 5.74) is 0.778. The lowest BCUT2D eigenvalue weighted by Crippen LogP contribution is -1.96. The molecule has 1 N–H and O–H groups in total. The Bertz CT molecular complexity index is 506. The molecule has 1 unspecified atom stereocenters. The molecule has 0 radical (unpaired) electrons. The number of aryl methyl sites for hydroxylation is 1. The molecule has 1 atom stereocenters. The van der Waals surface area contributed by atoms with Crippen LogP contribution in [-0.4, -0.2) is 14.9 Å². The summed E-state index contributed by atoms with van der Waals surface area (Å²) >= 11 is 0. The van der Waals surface area contributed by atoms with Crippen LogP contribution in [0.25, 0.3) is 0 Å². The van der Waals surface area contributed by atoms with Gasteiger partial charge >= 0.3 is 0 Å². The SMILES string of the molecule is CCCn1cc(Oc2ccccc2C(C)O)cn1. The minimum absolute atomic E-state index is 0.549. The van der Waals surface area contributed by atoms with Gasteiger partial charge in [0.2, 0.25) is 0 Å². The van der Waals surface area contributed by atoms with Gasteiger partial charge < -0.3 is 9.84 Å². The lowest BCUT2D eigenvalue weighted by Gasteiger charge is -2.11. The number of hydrogen-bond acceptors (Lipinski definition) is 3. The third-order valence-electron chi connectivity index (χ3n) is 2.66. The van der Waals surface area contributed by atoms with Crippen molar-refractivity contribution in [1.82, 2.24) is 9.78 Å². The highest BCUT2D eigenvalue weighted by Crippen LogP contribution is 2.28.